The number of benzene rings is 6. The van der Waals surface area contributed by atoms with Crippen LogP contribution in [0.3, 0.4) is 0 Å². The quantitative estimate of drug-likeness (QED) is 0.222. The third-order valence-electron chi connectivity index (χ3n) is 8.60. The van der Waals surface area contributed by atoms with Gasteiger partial charge in [-0.2, -0.15) is 0 Å². The lowest BCUT2D eigenvalue weighted by molar-refractivity contribution is 0.812. The molecule has 0 saturated heterocycles. The van der Waals surface area contributed by atoms with Crippen LogP contribution in [0.2, 0.25) is 0 Å². The normalized spacial score (nSPS) is 15.4. The molecule has 6 aromatic rings. The fourth-order valence-electron chi connectivity index (χ4n) is 6.55. The Balaban J connectivity index is 1.32. The summed E-state index contributed by atoms with van der Waals surface area (Å²) < 4.78 is 0. The summed E-state index contributed by atoms with van der Waals surface area (Å²) in [7, 11) is 0. The molecule has 1 heteroatoms. The van der Waals surface area contributed by atoms with Crippen LogP contribution in [0.1, 0.15) is 23.5 Å². The van der Waals surface area contributed by atoms with Crippen LogP contribution in [0, 0.1) is 0 Å². The van der Waals surface area contributed by atoms with Gasteiger partial charge in [-0.05, 0) is 80.7 Å². The number of hydrogen-bond acceptors (Lipinski definition) is 1. The molecular weight excluding hydrogens is 494 g/mol. The van der Waals surface area contributed by atoms with Crippen LogP contribution in [-0.4, -0.2) is 0 Å². The van der Waals surface area contributed by atoms with Gasteiger partial charge in [0.25, 0.3) is 0 Å². The highest BCUT2D eigenvalue weighted by Crippen LogP contribution is 2.45. The average molecular weight is 524 g/mol. The third kappa shape index (κ3) is 4.10. The Bertz CT molecular complexity index is 2010. The van der Waals surface area contributed by atoms with E-state index in [1.165, 1.54) is 55.1 Å². The maximum atomic E-state index is 2.41. The predicted octanol–water partition coefficient (Wildman–Crippen LogP) is 11.1. The molecule has 8 rings (SSSR count). The second-order valence-electron chi connectivity index (χ2n) is 10.9. The molecular formula is C40H29N. The second kappa shape index (κ2) is 9.80. The first-order valence-electron chi connectivity index (χ1n) is 14.4. The molecule has 0 aromatic heterocycles. The third-order valence-corrected chi connectivity index (χ3v) is 8.60. The zero-order chi connectivity index (χ0) is 27.2. The van der Waals surface area contributed by atoms with Gasteiger partial charge in [0, 0.05) is 22.7 Å². The van der Waals surface area contributed by atoms with Gasteiger partial charge in [0.1, 0.15) is 0 Å². The molecule has 41 heavy (non-hydrogen) atoms. The minimum absolute atomic E-state index is 0.440. The summed E-state index contributed by atoms with van der Waals surface area (Å²) in [6.07, 6.45) is 12.4. The summed E-state index contributed by atoms with van der Waals surface area (Å²) in [5.74, 6) is 0.440. The summed E-state index contributed by atoms with van der Waals surface area (Å²) in [6.45, 7) is 0. The highest BCUT2D eigenvalue weighted by Gasteiger charge is 2.24. The average Bonchev–Trinajstić information content (AvgIpc) is 3.05. The van der Waals surface area contributed by atoms with Crippen LogP contribution in [0.25, 0.3) is 38.7 Å². The van der Waals surface area contributed by atoms with E-state index in [0.717, 1.165) is 17.8 Å². The Labute approximate surface area is 241 Å². The molecule has 0 bridgehead atoms. The van der Waals surface area contributed by atoms with Crippen LogP contribution < -0.4 is 4.90 Å². The fourth-order valence-corrected chi connectivity index (χ4v) is 6.55. The Morgan fingerprint density at radius 1 is 0.561 bits per heavy atom. The van der Waals surface area contributed by atoms with Crippen LogP contribution in [0.5, 0.6) is 0 Å². The smallest absolute Gasteiger partial charge is 0.0540 e. The summed E-state index contributed by atoms with van der Waals surface area (Å²) in [4.78, 5) is 2.41. The molecule has 1 atom stereocenters. The van der Waals surface area contributed by atoms with Gasteiger partial charge in [-0.15, -0.1) is 0 Å². The van der Waals surface area contributed by atoms with Crippen LogP contribution >= 0.6 is 0 Å². The molecule has 0 aliphatic heterocycles. The van der Waals surface area contributed by atoms with Gasteiger partial charge in [-0.1, -0.05) is 127 Å². The lowest BCUT2D eigenvalue weighted by Gasteiger charge is -2.30. The molecule has 0 heterocycles. The number of rotatable bonds is 4. The number of allylic oxidation sites excluding steroid dienone is 5. The van der Waals surface area contributed by atoms with E-state index in [1.54, 1.807) is 0 Å². The van der Waals surface area contributed by atoms with Crippen molar-refractivity contribution < 1.29 is 0 Å². The molecule has 0 radical (unpaired) electrons. The molecule has 2 aliphatic rings. The molecule has 0 fully saturated rings. The molecule has 0 spiro atoms. The van der Waals surface area contributed by atoms with E-state index >= 15 is 0 Å². The predicted molar refractivity (Wildman–Crippen MR) is 175 cm³/mol. The van der Waals surface area contributed by atoms with E-state index < -0.39 is 0 Å². The summed E-state index contributed by atoms with van der Waals surface area (Å²) in [6, 6.07) is 46.4. The van der Waals surface area contributed by atoms with Crippen molar-refractivity contribution in [2.75, 3.05) is 4.90 Å². The minimum atomic E-state index is 0.440. The SMILES string of the molecule is C1=CCC2C(=C1)C=Cc1c2ccc2c(N(c3ccc(-c4ccccc4)cc3)c3ccc4ccccc4c3)cccc12. The number of anilines is 3. The molecule has 1 unspecified atom stereocenters. The van der Waals surface area contributed by atoms with E-state index in [1.807, 2.05) is 0 Å². The van der Waals surface area contributed by atoms with E-state index in [4.69, 9.17) is 0 Å². The van der Waals surface area contributed by atoms with Crippen molar-refractivity contribution in [3.05, 3.63) is 168 Å². The van der Waals surface area contributed by atoms with Gasteiger partial charge in [-0.25, -0.2) is 0 Å². The highest BCUT2D eigenvalue weighted by molar-refractivity contribution is 6.04. The van der Waals surface area contributed by atoms with Crippen LogP contribution in [0.4, 0.5) is 17.1 Å². The van der Waals surface area contributed by atoms with Gasteiger partial charge in [0.2, 0.25) is 0 Å². The zero-order valence-corrected chi connectivity index (χ0v) is 22.7. The summed E-state index contributed by atoms with van der Waals surface area (Å²) in [5.41, 5.74) is 10.1. The summed E-state index contributed by atoms with van der Waals surface area (Å²) >= 11 is 0. The van der Waals surface area contributed by atoms with Gasteiger partial charge < -0.3 is 4.90 Å². The van der Waals surface area contributed by atoms with E-state index in [0.29, 0.717) is 5.92 Å². The Morgan fingerprint density at radius 2 is 1.34 bits per heavy atom. The van der Waals surface area contributed by atoms with Gasteiger partial charge >= 0.3 is 0 Å². The van der Waals surface area contributed by atoms with E-state index in [2.05, 4.69) is 163 Å². The molecule has 0 saturated carbocycles. The maximum absolute atomic E-state index is 2.41. The Hall–Kier alpha value is -5.14. The molecule has 1 nitrogen and oxygen atoms in total. The molecule has 194 valence electrons. The van der Waals surface area contributed by atoms with Gasteiger partial charge in [-0.3, -0.25) is 0 Å². The molecule has 6 aromatic carbocycles. The van der Waals surface area contributed by atoms with E-state index in [-0.39, 0.29) is 0 Å². The standard InChI is InChI=1S/C40H29N/c1-2-9-28(10-3-1)30-17-21-33(22-18-30)41(34-23-19-29-11-4-5-13-32(29)27-34)40-16-8-15-36-38-24-20-31-12-6-7-14-35(31)37(38)25-26-39(36)40/h1-13,15-27,35H,14H2. The second-order valence-corrected chi connectivity index (χ2v) is 10.9. The highest BCUT2D eigenvalue weighted by atomic mass is 15.1. The van der Waals surface area contributed by atoms with E-state index in [9.17, 15) is 0 Å². The van der Waals surface area contributed by atoms with Crippen molar-refractivity contribution in [3.63, 3.8) is 0 Å². The Morgan fingerprint density at radius 3 is 2.22 bits per heavy atom. The first-order valence-corrected chi connectivity index (χ1v) is 14.4. The topological polar surface area (TPSA) is 3.24 Å². The van der Waals surface area contributed by atoms with Crippen molar-refractivity contribution in [1.82, 2.24) is 0 Å². The lowest BCUT2D eigenvalue weighted by Crippen LogP contribution is -2.12. The number of nitrogens with zero attached hydrogens (tertiary/aromatic N) is 1. The van der Waals surface area contributed by atoms with Crippen LogP contribution in [-0.2, 0) is 0 Å². The largest absolute Gasteiger partial charge is 0.310 e. The zero-order valence-electron chi connectivity index (χ0n) is 22.7. The van der Waals surface area contributed by atoms with Crippen molar-refractivity contribution >= 4 is 44.7 Å². The summed E-state index contributed by atoms with van der Waals surface area (Å²) in [5, 5.41) is 5.05. The van der Waals surface area contributed by atoms with Crippen molar-refractivity contribution in [1.29, 1.82) is 0 Å². The number of hydrogen-bond donors (Lipinski definition) is 0. The van der Waals surface area contributed by atoms with Crippen molar-refractivity contribution in [3.8, 4) is 11.1 Å². The van der Waals surface area contributed by atoms with Gasteiger partial charge in [0.05, 0.1) is 5.69 Å². The first kappa shape index (κ1) is 23.7. The van der Waals surface area contributed by atoms with Crippen molar-refractivity contribution in [2.24, 2.45) is 0 Å². The van der Waals surface area contributed by atoms with Gasteiger partial charge in [0.15, 0.2) is 0 Å². The maximum Gasteiger partial charge on any atom is 0.0540 e. The van der Waals surface area contributed by atoms with Crippen molar-refractivity contribution in [2.45, 2.75) is 12.3 Å². The number of fused-ring (bicyclic) bond motifs is 6. The molecule has 2 aliphatic carbocycles. The van der Waals surface area contributed by atoms with Crippen LogP contribution in [0.15, 0.2) is 157 Å². The molecule has 0 amide bonds. The minimum Gasteiger partial charge on any atom is -0.310 e. The monoisotopic (exact) mass is 523 g/mol. The molecule has 0 N–H and O–H groups in total. The first-order chi connectivity index (χ1) is 20.3. The fraction of sp³-hybridized carbons (Fsp3) is 0.0500. The Kier molecular flexibility index (Phi) is 5.67. The lowest BCUT2D eigenvalue weighted by atomic mass is 9.78.